The molecular formula is C16H26N2O3. The Kier molecular flexibility index (Phi) is 4.48. The molecule has 0 aromatic rings. The fourth-order valence-corrected chi connectivity index (χ4v) is 4.44. The second kappa shape index (κ2) is 6.34. The van der Waals surface area contributed by atoms with Crippen LogP contribution in [-0.2, 0) is 9.59 Å². The van der Waals surface area contributed by atoms with E-state index >= 15 is 0 Å². The van der Waals surface area contributed by atoms with Gasteiger partial charge in [0.1, 0.15) is 0 Å². The minimum absolute atomic E-state index is 0.00728. The molecular weight excluding hydrogens is 268 g/mol. The summed E-state index contributed by atoms with van der Waals surface area (Å²) in [5, 5.41) is 15.5. The number of hydrogen-bond acceptors (Lipinski definition) is 3. The van der Waals surface area contributed by atoms with E-state index in [0.29, 0.717) is 24.3 Å². The molecule has 0 aromatic carbocycles. The maximum absolute atomic E-state index is 12.3. The van der Waals surface area contributed by atoms with Crippen LogP contribution in [0, 0.1) is 23.7 Å². The Morgan fingerprint density at radius 3 is 2.57 bits per heavy atom. The molecule has 3 aliphatic rings. The Labute approximate surface area is 125 Å². The average Bonchev–Trinajstić information content (AvgIpc) is 3.08. The highest BCUT2D eigenvalue weighted by molar-refractivity contribution is 5.82. The molecule has 0 radical (unpaired) electrons. The highest BCUT2D eigenvalue weighted by Gasteiger charge is 2.42. The predicted molar refractivity (Wildman–Crippen MR) is 78.7 cm³/mol. The van der Waals surface area contributed by atoms with Crippen LogP contribution in [0.3, 0.4) is 0 Å². The van der Waals surface area contributed by atoms with Crippen LogP contribution in [0.25, 0.3) is 0 Å². The Bertz CT molecular complexity index is 404. The number of rotatable bonds is 4. The van der Waals surface area contributed by atoms with Crippen LogP contribution in [0.4, 0.5) is 0 Å². The highest BCUT2D eigenvalue weighted by Crippen LogP contribution is 2.37. The first-order chi connectivity index (χ1) is 10.1. The number of carbonyl (C=O) groups excluding carboxylic acids is 1. The first-order valence-electron chi connectivity index (χ1n) is 8.39. The summed E-state index contributed by atoms with van der Waals surface area (Å²) in [7, 11) is 0. The zero-order valence-electron chi connectivity index (χ0n) is 12.5. The molecule has 5 heteroatoms. The second-order valence-electron chi connectivity index (χ2n) is 7.04. The van der Waals surface area contributed by atoms with Gasteiger partial charge in [0, 0.05) is 6.54 Å². The van der Waals surface area contributed by atoms with E-state index in [2.05, 4.69) is 10.6 Å². The van der Waals surface area contributed by atoms with Crippen LogP contribution < -0.4 is 10.6 Å². The quantitative estimate of drug-likeness (QED) is 0.732. The molecule has 0 aromatic heterocycles. The monoisotopic (exact) mass is 294 g/mol. The summed E-state index contributed by atoms with van der Waals surface area (Å²) < 4.78 is 0. The molecule has 1 saturated heterocycles. The number of aliphatic carboxylic acids is 1. The maximum atomic E-state index is 12.3. The zero-order valence-corrected chi connectivity index (χ0v) is 12.5. The maximum Gasteiger partial charge on any atom is 0.306 e. The standard InChI is InChI=1S/C16H26N2O3/c19-15(14-13-3-1-2-12(13)9-17-14)18-8-10-4-6-11(7-5-10)16(20)21/h10-14,17H,1-9H2,(H,18,19)(H,20,21). The summed E-state index contributed by atoms with van der Waals surface area (Å²) in [4.78, 5) is 23.3. The Hall–Kier alpha value is -1.10. The minimum Gasteiger partial charge on any atom is -0.481 e. The topological polar surface area (TPSA) is 78.4 Å². The summed E-state index contributed by atoms with van der Waals surface area (Å²) in [6.45, 7) is 1.70. The van der Waals surface area contributed by atoms with Gasteiger partial charge in [-0.15, -0.1) is 0 Å². The van der Waals surface area contributed by atoms with Crippen molar-refractivity contribution in [2.24, 2.45) is 23.7 Å². The molecule has 3 atom stereocenters. The summed E-state index contributed by atoms with van der Waals surface area (Å²) >= 11 is 0. The van der Waals surface area contributed by atoms with Gasteiger partial charge in [-0.25, -0.2) is 0 Å². The lowest BCUT2D eigenvalue weighted by Gasteiger charge is -2.27. The van der Waals surface area contributed by atoms with Gasteiger partial charge in [-0.2, -0.15) is 0 Å². The normalized spacial score (nSPS) is 39.0. The Morgan fingerprint density at radius 2 is 1.86 bits per heavy atom. The van der Waals surface area contributed by atoms with Gasteiger partial charge in [0.05, 0.1) is 12.0 Å². The highest BCUT2D eigenvalue weighted by atomic mass is 16.4. The minimum atomic E-state index is -0.667. The molecule has 5 nitrogen and oxygen atoms in total. The summed E-state index contributed by atoms with van der Waals surface area (Å²) in [5.41, 5.74) is 0. The number of amides is 1. The van der Waals surface area contributed by atoms with Crippen LogP contribution in [0.2, 0.25) is 0 Å². The molecule has 3 N–H and O–H groups in total. The van der Waals surface area contributed by atoms with Crippen LogP contribution in [0.15, 0.2) is 0 Å². The smallest absolute Gasteiger partial charge is 0.306 e. The molecule has 0 bridgehead atoms. The van der Waals surface area contributed by atoms with Crippen LogP contribution in [0.1, 0.15) is 44.9 Å². The fraction of sp³-hybridized carbons (Fsp3) is 0.875. The molecule has 0 spiro atoms. The van der Waals surface area contributed by atoms with Gasteiger partial charge in [-0.3, -0.25) is 9.59 Å². The van der Waals surface area contributed by atoms with Gasteiger partial charge < -0.3 is 15.7 Å². The van der Waals surface area contributed by atoms with Crippen molar-refractivity contribution in [2.75, 3.05) is 13.1 Å². The van der Waals surface area contributed by atoms with E-state index in [4.69, 9.17) is 5.11 Å². The largest absolute Gasteiger partial charge is 0.481 e. The van der Waals surface area contributed by atoms with Gasteiger partial charge >= 0.3 is 5.97 Å². The van der Waals surface area contributed by atoms with Gasteiger partial charge in [0.15, 0.2) is 0 Å². The summed E-state index contributed by atoms with van der Waals surface area (Å²) in [6.07, 6.45) is 7.05. The van der Waals surface area contributed by atoms with Crippen molar-refractivity contribution in [3.63, 3.8) is 0 Å². The van der Waals surface area contributed by atoms with Crippen molar-refractivity contribution in [1.82, 2.24) is 10.6 Å². The molecule has 2 saturated carbocycles. The first kappa shape index (κ1) is 14.8. The molecule has 2 aliphatic carbocycles. The van der Waals surface area contributed by atoms with Crippen molar-refractivity contribution in [2.45, 2.75) is 51.0 Å². The SMILES string of the molecule is O=C(O)C1CCC(CNC(=O)C2NCC3CCCC32)CC1. The molecule has 1 amide bonds. The van der Waals surface area contributed by atoms with Crippen LogP contribution >= 0.6 is 0 Å². The van der Waals surface area contributed by atoms with Crippen LogP contribution in [-0.4, -0.2) is 36.1 Å². The van der Waals surface area contributed by atoms with E-state index in [1.807, 2.05) is 0 Å². The lowest BCUT2D eigenvalue weighted by atomic mass is 9.82. The molecule has 118 valence electrons. The van der Waals surface area contributed by atoms with Crippen molar-refractivity contribution >= 4 is 11.9 Å². The molecule has 1 heterocycles. The predicted octanol–water partition coefficient (Wildman–Crippen LogP) is 1.38. The van der Waals surface area contributed by atoms with Crippen molar-refractivity contribution in [3.8, 4) is 0 Å². The van der Waals surface area contributed by atoms with Gasteiger partial charge in [0.25, 0.3) is 0 Å². The molecule has 3 rings (SSSR count). The molecule has 21 heavy (non-hydrogen) atoms. The number of carboxylic acid groups (broad SMARTS) is 1. The molecule has 1 aliphatic heterocycles. The van der Waals surface area contributed by atoms with Gasteiger partial charge in [-0.05, 0) is 62.8 Å². The van der Waals surface area contributed by atoms with Gasteiger partial charge in [0.2, 0.25) is 5.91 Å². The molecule has 3 unspecified atom stereocenters. The number of nitrogens with one attached hydrogen (secondary N) is 2. The Balaban J connectivity index is 1.41. The first-order valence-corrected chi connectivity index (χ1v) is 8.39. The van der Waals surface area contributed by atoms with Crippen molar-refractivity contribution < 1.29 is 14.7 Å². The van der Waals surface area contributed by atoms with Crippen LogP contribution in [0.5, 0.6) is 0 Å². The lowest BCUT2D eigenvalue weighted by Crippen LogP contribution is -2.45. The van der Waals surface area contributed by atoms with E-state index in [1.54, 1.807) is 0 Å². The fourth-order valence-electron chi connectivity index (χ4n) is 4.44. The number of carbonyl (C=O) groups is 2. The summed E-state index contributed by atoms with van der Waals surface area (Å²) in [5.74, 6) is 1.00. The van der Waals surface area contributed by atoms with E-state index in [9.17, 15) is 9.59 Å². The third kappa shape index (κ3) is 3.23. The van der Waals surface area contributed by atoms with E-state index < -0.39 is 5.97 Å². The van der Waals surface area contributed by atoms with Gasteiger partial charge in [-0.1, -0.05) is 6.42 Å². The zero-order chi connectivity index (χ0) is 14.8. The lowest BCUT2D eigenvalue weighted by molar-refractivity contribution is -0.143. The third-order valence-electron chi connectivity index (χ3n) is 5.79. The number of fused-ring (bicyclic) bond motifs is 1. The average molecular weight is 294 g/mol. The Morgan fingerprint density at radius 1 is 1.10 bits per heavy atom. The third-order valence-corrected chi connectivity index (χ3v) is 5.79. The van der Waals surface area contributed by atoms with Crippen molar-refractivity contribution in [3.05, 3.63) is 0 Å². The van der Waals surface area contributed by atoms with E-state index in [-0.39, 0.29) is 17.9 Å². The second-order valence-corrected chi connectivity index (χ2v) is 7.04. The van der Waals surface area contributed by atoms with E-state index in [1.165, 1.54) is 19.3 Å². The number of hydrogen-bond donors (Lipinski definition) is 3. The van der Waals surface area contributed by atoms with E-state index in [0.717, 1.165) is 32.2 Å². The number of carboxylic acids is 1. The summed E-state index contributed by atoms with van der Waals surface area (Å²) in [6, 6.07) is 0.00728. The molecule has 3 fully saturated rings. The van der Waals surface area contributed by atoms with Crippen molar-refractivity contribution in [1.29, 1.82) is 0 Å².